The van der Waals surface area contributed by atoms with Gasteiger partial charge in [0.2, 0.25) is 5.91 Å². The van der Waals surface area contributed by atoms with E-state index in [-0.39, 0.29) is 12.5 Å². The number of carboxylic acid groups (broad SMARTS) is 1. The molecule has 108 valence electrons. The predicted molar refractivity (Wildman–Crippen MR) is 71.5 cm³/mol. The van der Waals surface area contributed by atoms with E-state index in [1.54, 1.807) is 0 Å². The normalized spacial score (nSPS) is 24.9. The maximum absolute atomic E-state index is 12.2. The van der Waals surface area contributed by atoms with Gasteiger partial charge in [-0.05, 0) is 25.7 Å². The molecule has 2 aliphatic rings. The molecule has 2 fully saturated rings. The number of rotatable bonds is 4. The molecule has 2 rings (SSSR count). The number of carbonyl (C=O) groups excluding carboxylic acids is 1. The minimum atomic E-state index is -0.792. The minimum absolute atomic E-state index is 0.167. The number of carboxylic acids is 1. The molecule has 1 amide bonds. The number of hydrogen-bond donors (Lipinski definition) is 3. The summed E-state index contributed by atoms with van der Waals surface area (Å²) in [5, 5.41) is 12.2. The van der Waals surface area contributed by atoms with Crippen LogP contribution in [0.25, 0.3) is 0 Å². The highest BCUT2D eigenvalue weighted by Crippen LogP contribution is 2.38. The van der Waals surface area contributed by atoms with E-state index in [0.717, 1.165) is 32.1 Å². The second-order valence-electron chi connectivity index (χ2n) is 6.19. The Morgan fingerprint density at radius 3 is 2.05 bits per heavy atom. The fourth-order valence-electron chi connectivity index (χ4n) is 3.35. The van der Waals surface area contributed by atoms with E-state index in [4.69, 9.17) is 5.73 Å². The zero-order valence-corrected chi connectivity index (χ0v) is 11.4. The highest BCUT2D eigenvalue weighted by Gasteiger charge is 2.43. The Kier molecular flexibility index (Phi) is 4.13. The fourth-order valence-corrected chi connectivity index (χ4v) is 3.35. The number of nitrogens with two attached hydrogens (primary N) is 1. The van der Waals surface area contributed by atoms with E-state index in [1.165, 1.54) is 0 Å². The molecule has 5 nitrogen and oxygen atoms in total. The maximum atomic E-state index is 12.2. The van der Waals surface area contributed by atoms with Crippen molar-refractivity contribution in [3.05, 3.63) is 0 Å². The molecule has 0 aromatic rings. The third-order valence-electron chi connectivity index (χ3n) is 4.80. The highest BCUT2D eigenvalue weighted by molar-refractivity contribution is 5.87. The van der Waals surface area contributed by atoms with Crippen LogP contribution in [0.1, 0.15) is 57.8 Å². The molecule has 4 N–H and O–H groups in total. The van der Waals surface area contributed by atoms with Gasteiger partial charge in [-0.15, -0.1) is 0 Å². The third-order valence-corrected chi connectivity index (χ3v) is 4.80. The van der Waals surface area contributed by atoms with Crippen LogP contribution >= 0.6 is 0 Å². The van der Waals surface area contributed by atoms with Gasteiger partial charge in [0.25, 0.3) is 0 Å². The monoisotopic (exact) mass is 268 g/mol. The summed E-state index contributed by atoms with van der Waals surface area (Å²) in [7, 11) is 0. The summed E-state index contributed by atoms with van der Waals surface area (Å²) in [6, 6.07) is 0. The van der Waals surface area contributed by atoms with Crippen molar-refractivity contribution < 1.29 is 14.7 Å². The van der Waals surface area contributed by atoms with E-state index in [2.05, 4.69) is 5.32 Å². The summed E-state index contributed by atoms with van der Waals surface area (Å²) >= 11 is 0. The van der Waals surface area contributed by atoms with Gasteiger partial charge in [0.15, 0.2) is 0 Å². The van der Waals surface area contributed by atoms with Gasteiger partial charge in [0, 0.05) is 6.54 Å². The van der Waals surface area contributed by atoms with Crippen LogP contribution in [0.4, 0.5) is 0 Å². The Morgan fingerprint density at radius 1 is 1.00 bits per heavy atom. The average molecular weight is 268 g/mol. The van der Waals surface area contributed by atoms with Crippen LogP contribution in [0.2, 0.25) is 0 Å². The van der Waals surface area contributed by atoms with Crippen molar-refractivity contribution in [1.82, 2.24) is 5.32 Å². The van der Waals surface area contributed by atoms with Crippen LogP contribution in [0.5, 0.6) is 0 Å². The summed E-state index contributed by atoms with van der Waals surface area (Å²) in [6.45, 7) is 0.222. The van der Waals surface area contributed by atoms with Crippen LogP contribution in [-0.2, 0) is 9.59 Å². The lowest BCUT2D eigenvalue weighted by Gasteiger charge is -2.33. The van der Waals surface area contributed by atoms with Crippen molar-refractivity contribution in [3.63, 3.8) is 0 Å². The van der Waals surface area contributed by atoms with Crippen molar-refractivity contribution >= 4 is 11.9 Å². The molecular formula is C14H24N2O3. The van der Waals surface area contributed by atoms with Crippen LogP contribution in [0.3, 0.4) is 0 Å². The van der Waals surface area contributed by atoms with E-state index < -0.39 is 16.9 Å². The van der Waals surface area contributed by atoms with E-state index >= 15 is 0 Å². The minimum Gasteiger partial charge on any atom is -0.481 e. The van der Waals surface area contributed by atoms with Gasteiger partial charge in [-0.1, -0.05) is 32.1 Å². The summed E-state index contributed by atoms with van der Waals surface area (Å²) in [6.07, 6.45) is 7.66. The summed E-state index contributed by atoms with van der Waals surface area (Å²) < 4.78 is 0. The number of carbonyl (C=O) groups is 2. The molecule has 0 heterocycles. The molecule has 0 radical (unpaired) electrons. The fraction of sp³-hybridized carbons (Fsp3) is 0.857. The second-order valence-corrected chi connectivity index (χ2v) is 6.19. The Morgan fingerprint density at radius 2 is 1.53 bits per heavy atom. The smallest absolute Gasteiger partial charge is 0.311 e. The third kappa shape index (κ3) is 2.91. The summed E-state index contributed by atoms with van der Waals surface area (Å²) in [5.41, 5.74) is 4.60. The zero-order chi connectivity index (χ0) is 13.9. The summed E-state index contributed by atoms with van der Waals surface area (Å²) in [5.74, 6) is -0.959. The van der Waals surface area contributed by atoms with Gasteiger partial charge in [0.05, 0.1) is 11.0 Å². The number of aliphatic carboxylic acids is 1. The van der Waals surface area contributed by atoms with Gasteiger partial charge >= 0.3 is 5.97 Å². The molecule has 0 spiro atoms. The molecule has 2 saturated carbocycles. The second kappa shape index (κ2) is 5.49. The zero-order valence-electron chi connectivity index (χ0n) is 11.4. The molecular weight excluding hydrogens is 244 g/mol. The molecule has 0 aromatic heterocycles. The molecule has 0 aliphatic heterocycles. The lowest BCUT2D eigenvalue weighted by molar-refractivity contribution is -0.148. The van der Waals surface area contributed by atoms with Gasteiger partial charge in [-0.25, -0.2) is 0 Å². The van der Waals surface area contributed by atoms with Gasteiger partial charge < -0.3 is 16.2 Å². The lowest BCUT2D eigenvalue weighted by atomic mass is 9.81. The molecule has 0 saturated heterocycles. The topological polar surface area (TPSA) is 92.4 Å². The standard InChI is InChI=1S/C14H24N2O3/c15-14(8-2-1-3-9-14)11(17)16-10-13(12(18)19)6-4-5-7-13/h1-10,15H2,(H,16,17)(H,18,19). The first-order valence-corrected chi connectivity index (χ1v) is 7.29. The van der Waals surface area contributed by atoms with Crippen molar-refractivity contribution in [2.45, 2.75) is 63.3 Å². The highest BCUT2D eigenvalue weighted by atomic mass is 16.4. The number of hydrogen-bond acceptors (Lipinski definition) is 3. The van der Waals surface area contributed by atoms with Crippen LogP contribution in [0.15, 0.2) is 0 Å². The lowest BCUT2D eigenvalue weighted by Crippen LogP contribution is -2.57. The predicted octanol–water partition coefficient (Wildman–Crippen LogP) is 1.41. The Balaban J connectivity index is 1.93. The molecule has 0 bridgehead atoms. The van der Waals surface area contributed by atoms with Gasteiger partial charge in [-0.2, -0.15) is 0 Å². The van der Waals surface area contributed by atoms with Gasteiger partial charge in [0.1, 0.15) is 0 Å². The quantitative estimate of drug-likeness (QED) is 0.718. The molecule has 2 aliphatic carbocycles. The van der Waals surface area contributed by atoms with E-state index in [9.17, 15) is 14.7 Å². The average Bonchev–Trinajstić information content (AvgIpc) is 2.87. The van der Waals surface area contributed by atoms with Crippen molar-refractivity contribution in [2.24, 2.45) is 11.1 Å². The Hall–Kier alpha value is -1.10. The molecule has 0 aromatic carbocycles. The largest absolute Gasteiger partial charge is 0.481 e. The molecule has 5 heteroatoms. The number of amides is 1. The van der Waals surface area contributed by atoms with Crippen molar-refractivity contribution in [1.29, 1.82) is 0 Å². The SMILES string of the molecule is NC1(C(=O)NCC2(C(=O)O)CCCC2)CCCCC1. The molecule has 0 unspecified atom stereocenters. The molecule has 0 atom stereocenters. The number of nitrogens with one attached hydrogen (secondary N) is 1. The first kappa shape index (κ1) is 14.3. The maximum Gasteiger partial charge on any atom is 0.311 e. The Bertz CT molecular complexity index is 356. The van der Waals surface area contributed by atoms with E-state index in [1.807, 2.05) is 0 Å². The van der Waals surface area contributed by atoms with Gasteiger partial charge in [-0.3, -0.25) is 9.59 Å². The summed E-state index contributed by atoms with van der Waals surface area (Å²) in [4.78, 5) is 23.6. The first-order chi connectivity index (χ1) is 8.99. The Labute approximate surface area is 113 Å². The first-order valence-electron chi connectivity index (χ1n) is 7.29. The van der Waals surface area contributed by atoms with Crippen molar-refractivity contribution in [3.8, 4) is 0 Å². The van der Waals surface area contributed by atoms with Crippen LogP contribution < -0.4 is 11.1 Å². The van der Waals surface area contributed by atoms with Crippen LogP contribution in [0, 0.1) is 5.41 Å². The van der Waals surface area contributed by atoms with Crippen molar-refractivity contribution in [2.75, 3.05) is 6.54 Å². The van der Waals surface area contributed by atoms with E-state index in [0.29, 0.717) is 25.7 Å². The molecule has 19 heavy (non-hydrogen) atoms. The van der Waals surface area contributed by atoms with Crippen LogP contribution in [-0.4, -0.2) is 29.1 Å².